The van der Waals surface area contributed by atoms with Crippen molar-refractivity contribution >= 4 is 44.6 Å². The quantitative estimate of drug-likeness (QED) is 0.495. The van der Waals surface area contributed by atoms with Gasteiger partial charge >= 0.3 is 5.97 Å². The van der Waals surface area contributed by atoms with Gasteiger partial charge in [0.2, 0.25) is 11.8 Å². The summed E-state index contributed by atoms with van der Waals surface area (Å²) in [5.74, 6) is 1.94. The first-order chi connectivity index (χ1) is 15.6. The highest BCUT2D eigenvalue weighted by Gasteiger charge is 2.31. The van der Waals surface area contributed by atoms with Gasteiger partial charge in [0, 0.05) is 18.5 Å². The Hall–Kier alpha value is -2.94. The van der Waals surface area contributed by atoms with Crippen molar-refractivity contribution in [3.05, 3.63) is 47.1 Å². The summed E-state index contributed by atoms with van der Waals surface area (Å²) in [7, 11) is 1.44. The molecular weight excluding hydrogens is 474 g/mol. The SMILES string of the molecule is COC(=O)C1CCN(c2ncc(Br)c(OC3CN(c4ccc5ccccc5n4)C3)n2)CC1. The van der Waals surface area contributed by atoms with Crippen LogP contribution in [0.4, 0.5) is 11.8 Å². The Morgan fingerprint density at radius 1 is 1.06 bits per heavy atom. The number of halogens is 1. The number of hydrogen-bond acceptors (Lipinski definition) is 8. The summed E-state index contributed by atoms with van der Waals surface area (Å²) in [6.07, 6.45) is 3.23. The molecule has 32 heavy (non-hydrogen) atoms. The number of para-hydroxylation sites is 1. The maximum Gasteiger partial charge on any atom is 0.308 e. The second-order valence-electron chi connectivity index (χ2n) is 8.11. The van der Waals surface area contributed by atoms with Crippen molar-refractivity contribution < 1.29 is 14.3 Å². The molecule has 1 aromatic carbocycles. The van der Waals surface area contributed by atoms with Gasteiger partial charge in [-0.25, -0.2) is 9.97 Å². The monoisotopic (exact) mass is 497 g/mol. The van der Waals surface area contributed by atoms with Crippen molar-refractivity contribution in [2.75, 3.05) is 43.1 Å². The zero-order valence-electron chi connectivity index (χ0n) is 17.8. The second kappa shape index (κ2) is 8.90. The molecule has 0 aliphatic carbocycles. The number of methoxy groups -OCH3 is 1. The van der Waals surface area contributed by atoms with E-state index in [-0.39, 0.29) is 18.0 Å². The van der Waals surface area contributed by atoms with Crippen molar-refractivity contribution in [2.45, 2.75) is 18.9 Å². The maximum absolute atomic E-state index is 11.8. The molecule has 0 atom stereocenters. The minimum atomic E-state index is -0.138. The fraction of sp³-hybridized carbons (Fsp3) is 0.391. The van der Waals surface area contributed by atoms with Crippen LogP contribution in [-0.4, -0.2) is 60.3 Å². The summed E-state index contributed by atoms with van der Waals surface area (Å²) in [5, 5.41) is 1.14. The number of pyridine rings is 1. The van der Waals surface area contributed by atoms with Gasteiger partial charge in [-0.1, -0.05) is 18.2 Å². The van der Waals surface area contributed by atoms with Gasteiger partial charge in [0.15, 0.2) is 0 Å². The van der Waals surface area contributed by atoms with Crippen LogP contribution < -0.4 is 14.5 Å². The molecule has 2 aliphatic rings. The minimum Gasteiger partial charge on any atom is -0.470 e. The van der Waals surface area contributed by atoms with Crippen LogP contribution >= 0.6 is 15.9 Å². The van der Waals surface area contributed by atoms with Gasteiger partial charge in [-0.3, -0.25) is 4.79 Å². The molecule has 2 aliphatic heterocycles. The average Bonchev–Trinajstić information content (AvgIpc) is 2.81. The van der Waals surface area contributed by atoms with E-state index in [0.717, 1.165) is 47.1 Å². The van der Waals surface area contributed by atoms with E-state index < -0.39 is 0 Å². The Morgan fingerprint density at radius 3 is 2.62 bits per heavy atom. The number of carbonyl (C=O) groups is 1. The van der Waals surface area contributed by atoms with E-state index in [2.05, 4.69) is 53.9 Å². The maximum atomic E-state index is 11.8. The molecule has 9 heteroatoms. The van der Waals surface area contributed by atoms with Crippen LogP contribution in [0, 0.1) is 5.92 Å². The molecule has 166 valence electrons. The molecule has 2 saturated heterocycles. The molecule has 0 amide bonds. The van der Waals surface area contributed by atoms with E-state index in [9.17, 15) is 4.79 Å². The molecule has 0 bridgehead atoms. The van der Waals surface area contributed by atoms with Gasteiger partial charge in [-0.05, 0) is 47.0 Å². The Labute approximate surface area is 194 Å². The number of hydrogen-bond donors (Lipinski definition) is 0. The van der Waals surface area contributed by atoms with Gasteiger partial charge < -0.3 is 19.3 Å². The number of piperidine rings is 1. The molecular formula is C23H24BrN5O3. The summed E-state index contributed by atoms with van der Waals surface area (Å²) in [6, 6.07) is 12.3. The zero-order valence-corrected chi connectivity index (χ0v) is 19.4. The van der Waals surface area contributed by atoms with E-state index in [1.54, 1.807) is 6.20 Å². The first-order valence-corrected chi connectivity index (χ1v) is 11.5. The first-order valence-electron chi connectivity index (χ1n) is 10.7. The number of nitrogens with zero attached hydrogens (tertiary/aromatic N) is 5. The Morgan fingerprint density at radius 2 is 1.84 bits per heavy atom. The van der Waals surface area contributed by atoms with Crippen molar-refractivity contribution in [1.82, 2.24) is 15.0 Å². The highest BCUT2D eigenvalue weighted by molar-refractivity contribution is 9.10. The summed E-state index contributed by atoms with van der Waals surface area (Å²) in [5.41, 5.74) is 0.994. The molecule has 4 heterocycles. The number of aromatic nitrogens is 3. The standard InChI is InChI=1S/C23H24BrN5O3/c1-31-22(30)16-8-10-28(11-9-16)23-25-12-18(24)21(27-23)32-17-13-29(14-17)20-7-6-15-4-2-3-5-19(15)26-20/h2-7,12,16-17H,8-11,13-14H2,1H3. The Balaban J connectivity index is 1.20. The Kier molecular flexibility index (Phi) is 5.82. The van der Waals surface area contributed by atoms with Gasteiger partial charge in [0.05, 0.1) is 42.3 Å². The van der Waals surface area contributed by atoms with Crippen LogP contribution in [0.5, 0.6) is 5.88 Å². The van der Waals surface area contributed by atoms with Gasteiger partial charge in [0.1, 0.15) is 11.9 Å². The number of benzene rings is 1. The average molecular weight is 498 g/mol. The zero-order chi connectivity index (χ0) is 22.1. The van der Waals surface area contributed by atoms with Gasteiger partial charge in [-0.2, -0.15) is 4.98 Å². The van der Waals surface area contributed by atoms with Crippen molar-refractivity contribution in [3.63, 3.8) is 0 Å². The predicted molar refractivity (Wildman–Crippen MR) is 125 cm³/mol. The summed E-state index contributed by atoms with van der Waals surface area (Å²) < 4.78 is 11.8. The number of carbonyl (C=O) groups excluding carboxylic acids is 1. The van der Waals surface area contributed by atoms with Crippen LogP contribution in [-0.2, 0) is 9.53 Å². The van der Waals surface area contributed by atoms with Crippen LogP contribution in [0.1, 0.15) is 12.8 Å². The number of anilines is 2. The fourth-order valence-corrected chi connectivity index (χ4v) is 4.43. The van der Waals surface area contributed by atoms with Crippen LogP contribution in [0.3, 0.4) is 0 Å². The highest BCUT2D eigenvalue weighted by Crippen LogP contribution is 2.30. The van der Waals surface area contributed by atoms with E-state index in [1.807, 2.05) is 18.2 Å². The normalized spacial score (nSPS) is 17.3. The predicted octanol–water partition coefficient (Wildman–Crippen LogP) is 3.44. The molecule has 2 fully saturated rings. The molecule has 5 rings (SSSR count). The third-order valence-corrected chi connectivity index (χ3v) is 6.59. The van der Waals surface area contributed by atoms with Crippen LogP contribution in [0.2, 0.25) is 0 Å². The van der Waals surface area contributed by atoms with Gasteiger partial charge in [-0.15, -0.1) is 0 Å². The van der Waals surface area contributed by atoms with Crippen LogP contribution in [0.15, 0.2) is 47.1 Å². The van der Waals surface area contributed by atoms with Crippen LogP contribution in [0.25, 0.3) is 10.9 Å². The third kappa shape index (κ3) is 4.21. The molecule has 3 aromatic rings. The Bertz CT molecular complexity index is 1130. The second-order valence-corrected chi connectivity index (χ2v) is 8.97. The smallest absolute Gasteiger partial charge is 0.308 e. The summed E-state index contributed by atoms with van der Waals surface area (Å²) in [4.78, 5) is 29.9. The van der Waals surface area contributed by atoms with Crippen molar-refractivity contribution in [2.24, 2.45) is 5.92 Å². The third-order valence-electron chi connectivity index (χ3n) is 6.05. The van der Waals surface area contributed by atoms with E-state index >= 15 is 0 Å². The molecule has 2 aromatic heterocycles. The largest absolute Gasteiger partial charge is 0.470 e. The van der Waals surface area contributed by atoms with Crippen molar-refractivity contribution in [1.29, 1.82) is 0 Å². The summed E-state index contributed by atoms with van der Waals surface area (Å²) >= 11 is 3.51. The number of rotatable bonds is 5. The lowest BCUT2D eigenvalue weighted by molar-refractivity contribution is -0.146. The van der Waals surface area contributed by atoms with E-state index in [0.29, 0.717) is 24.9 Å². The lowest BCUT2D eigenvalue weighted by Crippen LogP contribution is -2.54. The van der Waals surface area contributed by atoms with Gasteiger partial charge in [0.25, 0.3) is 0 Å². The van der Waals surface area contributed by atoms with E-state index in [1.165, 1.54) is 7.11 Å². The molecule has 0 unspecified atom stereocenters. The molecule has 0 spiro atoms. The molecule has 0 saturated carbocycles. The number of esters is 1. The highest BCUT2D eigenvalue weighted by atomic mass is 79.9. The molecule has 8 nitrogen and oxygen atoms in total. The van der Waals surface area contributed by atoms with E-state index in [4.69, 9.17) is 14.5 Å². The lowest BCUT2D eigenvalue weighted by atomic mass is 9.97. The summed E-state index contributed by atoms with van der Waals surface area (Å²) in [6.45, 7) is 2.93. The fourth-order valence-electron chi connectivity index (χ4n) is 4.15. The number of fused-ring (bicyclic) bond motifs is 1. The number of ether oxygens (including phenoxy) is 2. The molecule has 0 radical (unpaired) electrons. The molecule has 0 N–H and O–H groups in total. The minimum absolute atomic E-state index is 0.0346. The first kappa shape index (κ1) is 20.9. The lowest BCUT2D eigenvalue weighted by Gasteiger charge is -2.39. The van der Waals surface area contributed by atoms with Crippen molar-refractivity contribution in [3.8, 4) is 5.88 Å². The topological polar surface area (TPSA) is 80.7 Å².